The maximum Gasteiger partial charge on any atom is 0.416 e. The number of carbonyl (C=O) groups excluding carboxylic acids is 2. The highest BCUT2D eigenvalue weighted by Gasteiger charge is 2.37. The smallest absolute Gasteiger partial charge is 0.416 e. The van der Waals surface area contributed by atoms with Crippen molar-refractivity contribution in [2.75, 3.05) is 36.1 Å². The van der Waals surface area contributed by atoms with Crippen molar-refractivity contribution in [2.45, 2.75) is 104 Å². The average molecular weight is 624 g/mol. The van der Waals surface area contributed by atoms with E-state index in [1.807, 2.05) is 59.7 Å². The zero-order chi connectivity index (χ0) is 33.1. The van der Waals surface area contributed by atoms with Crippen molar-refractivity contribution in [2.24, 2.45) is 0 Å². The molecule has 2 unspecified atom stereocenters. The van der Waals surface area contributed by atoms with Crippen LogP contribution in [-0.4, -0.2) is 75.2 Å². The molecular weight excluding hydrogens is 574 g/mol. The van der Waals surface area contributed by atoms with E-state index in [1.165, 1.54) is 0 Å². The molecule has 2 aromatic heterocycles. The van der Waals surface area contributed by atoms with Gasteiger partial charge >= 0.3 is 12.2 Å². The first-order valence-electron chi connectivity index (χ1n) is 15.6. The van der Waals surface area contributed by atoms with Crippen LogP contribution in [0.4, 0.5) is 26.9 Å². The van der Waals surface area contributed by atoms with Crippen LogP contribution in [0.5, 0.6) is 0 Å². The van der Waals surface area contributed by atoms with E-state index in [4.69, 9.17) is 24.9 Å². The number of likely N-dealkylation sites (tertiary alicyclic amines) is 1. The summed E-state index contributed by atoms with van der Waals surface area (Å²) in [5.41, 5.74) is 7.69. The molecule has 1 saturated heterocycles. The fourth-order valence-corrected chi connectivity index (χ4v) is 5.38. The van der Waals surface area contributed by atoms with Crippen LogP contribution in [0.15, 0.2) is 36.5 Å². The number of nitrogens with one attached hydrogen (secondary N) is 1. The van der Waals surface area contributed by atoms with Gasteiger partial charge in [-0.1, -0.05) is 26.0 Å². The highest BCUT2D eigenvalue weighted by atomic mass is 16.6. The molecule has 0 aliphatic carbocycles. The van der Waals surface area contributed by atoms with Crippen molar-refractivity contribution in [3.8, 4) is 0 Å². The number of nitrogens with two attached hydrogens (primary N) is 1. The molecule has 0 saturated carbocycles. The van der Waals surface area contributed by atoms with Crippen molar-refractivity contribution in [1.82, 2.24) is 19.5 Å². The van der Waals surface area contributed by atoms with Gasteiger partial charge in [0, 0.05) is 37.5 Å². The molecule has 1 fully saturated rings. The second kappa shape index (κ2) is 13.5. The van der Waals surface area contributed by atoms with Crippen molar-refractivity contribution < 1.29 is 23.8 Å². The molecule has 0 spiro atoms. The van der Waals surface area contributed by atoms with Gasteiger partial charge in [0.25, 0.3) is 0 Å². The number of rotatable bonds is 8. The molecule has 45 heavy (non-hydrogen) atoms. The number of piperidine rings is 1. The summed E-state index contributed by atoms with van der Waals surface area (Å²) >= 11 is 0. The average Bonchev–Trinajstić information content (AvgIpc) is 3.37. The number of anilines is 3. The summed E-state index contributed by atoms with van der Waals surface area (Å²) in [6, 6.07) is 8.87. The van der Waals surface area contributed by atoms with E-state index < -0.39 is 17.3 Å². The SMILES string of the molecule is COC1CCCN(C(=O)OC(C)(C)C)C1CNc1cc(N(Cc2cccc(N)c2)C(=O)OC(C)(C)C)n2ncc(C(C)C)c2n1. The fourth-order valence-electron chi connectivity index (χ4n) is 5.38. The predicted molar refractivity (Wildman–Crippen MR) is 176 cm³/mol. The number of methoxy groups -OCH3 is 1. The molecule has 0 bridgehead atoms. The molecule has 3 heterocycles. The molecule has 3 aromatic rings. The monoisotopic (exact) mass is 623 g/mol. The molecule has 4 rings (SSSR count). The van der Waals surface area contributed by atoms with Gasteiger partial charge in [-0.2, -0.15) is 9.61 Å². The standard InChI is InChI=1S/C33H49N7O5/c1-21(2)24-18-36-40-28(39(31(42)45-33(6,7)8)20-22-12-10-13-23(34)16-22)17-27(37-29(24)40)35-19-25-26(43-9)14-11-15-38(25)30(41)44-32(3,4)5/h10,12-13,16-18,21,25-26H,11,14-15,19-20,34H2,1-9H3,(H,35,37). The van der Waals surface area contributed by atoms with Crippen LogP contribution in [0, 0.1) is 0 Å². The molecule has 1 aromatic carbocycles. The van der Waals surface area contributed by atoms with Crippen LogP contribution in [-0.2, 0) is 20.8 Å². The highest BCUT2D eigenvalue weighted by Crippen LogP contribution is 2.30. The molecule has 2 atom stereocenters. The van der Waals surface area contributed by atoms with Gasteiger partial charge in [0.2, 0.25) is 0 Å². The lowest BCUT2D eigenvalue weighted by Gasteiger charge is -2.41. The first-order chi connectivity index (χ1) is 21.1. The van der Waals surface area contributed by atoms with Crippen LogP contribution >= 0.6 is 0 Å². The number of amides is 2. The van der Waals surface area contributed by atoms with Crippen molar-refractivity contribution >= 4 is 35.2 Å². The first kappa shape index (κ1) is 33.8. The van der Waals surface area contributed by atoms with Crippen molar-refractivity contribution in [1.29, 1.82) is 0 Å². The van der Waals surface area contributed by atoms with E-state index in [0.29, 0.717) is 36.1 Å². The fraction of sp³-hybridized carbons (Fsp3) is 0.576. The van der Waals surface area contributed by atoms with E-state index in [-0.39, 0.29) is 30.7 Å². The minimum atomic E-state index is -0.729. The molecule has 3 N–H and O–H groups in total. The Morgan fingerprint density at radius 1 is 1.11 bits per heavy atom. The maximum atomic E-state index is 13.8. The summed E-state index contributed by atoms with van der Waals surface area (Å²) in [6.45, 7) is 16.3. The molecule has 1 aliphatic heterocycles. The summed E-state index contributed by atoms with van der Waals surface area (Å²) < 4.78 is 19.1. The summed E-state index contributed by atoms with van der Waals surface area (Å²) in [4.78, 5) is 35.2. The van der Waals surface area contributed by atoms with Gasteiger partial charge in [0.15, 0.2) is 5.65 Å². The number of carbonyl (C=O) groups is 2. The summed E-state index contributed by atoms with van der Waals surface area (Å²) in [5.74, 6) is 1.12. The molecule has 12 heteroatoms. The van der Waals surface area contributed by atoms with E-state index in [9.17, 15) is 9.59 Å². The topological polar surface area (TPSA) is 137 Å². The molecule has 246 valence electrons. The number of hydrogen-bond donors (Lipinski definition) is 2. The van der Waals surface area contributed by atoms with E-state index >= 15 is 0 Å². The summed E-state index contributed by atoms with van der Waals surface area (Å²) in [5, 5.41) is 8.10. The number of hydrogen-bond acceptors (Lipinski definition) is 9. The molecule has 1 aliphatic rings. The molecule has 12 nitrogen and oxygen atoms in total. The minimum Gasteiger partial charge on any atom is -0.444 e. The number of ether oxygens (including phenoxy) is 3. The Morgan fingerprint density at radius 3 is 2.44 bits per heavy atom. The maximum absolute atomic E-state index is 13.8. The first-order valence-corrected chi connectivity index (χ1v) is 15.6. The lowest BCUT2D eigenvalue weighted by molar-refractivity contribution is -0.0334. The lowest BCUT2D eigenvalue weighted by atomic mass is 9.99. The van der Waals surface area contributed by atoms with E-state index in [1.54, 1.807) is 39.8 Å². The van der Waals surface area contributed by atoms with Crippen LogP contribution in [0.1, 0.15) is 85.3 Å². The highest BCUT2D eigenvalue weighted by molar-refractivity contribution is 5.88. The molecule has 2 amide bonds. The Bertz CT molecular complexity index is 1490. The third kappa shape index (κ3) is 8.56. The lowest BCUT2D eigenvalue weighted by Crippen LogP contribution is -2.55. The van der Waals surface area contributed by atoms with Crippen LogP contribution < -0.4 is 16.0 Å². The quantitative estimate of drug-likeness (QED) is 0.281. The van der Waals surface area contributed by atoms with Gasteiger partial charge in [-0.3, -0.25) is 4.90 Å². The second-order valence-electron chi connectivity index (χ2n) is 13.8. The summed E-state index contributed by atoms with van der Waals surface area (Å²) in [7, 11) is 1.66. The van der Waals surface area contributed by atoms with Crippen LogP contribution in [0.3, 0.4) is 0 Å². The number of nitrogen functional groups attached to an aromatic ring is 1. The molecule has 0 radical (unpaired) electrons. The molecular formula is C33H49N7O5. The Morgan fingerprint density at radius 2 is 1.82 bits per heavy atom. The third-order valence-electron chi connectivity index (χ3n) is 7.42. The predicted octanol–water partition coefficient (Wildman–Crippen LogP) is 6.20. The van der Waals surface area contributed by atoms with E-state index in [2.05, 4.69) is 24.3 Å². The number of aromatic nitrogens is 3. The largest absolute Gasteiger partial charge is 0.444 e. The Labute approximate surface area is 266 Å². The number of fused-ring (bicyclic) bond motifs is 1. The van der Waals surface area contributed by atoms with E-state index in [0.717, 1.165) is 24.0 Å². The third-order valence-corrected chi connectivity index (χ3v) is 7.42. The van der Waals surface area contributed by atoms with Gasteiger partial charge < -0.3 is 30.2 Å². The van der Waals surface area contributed by atoms with Gasteiger partial charge in [0.1, 0.15) is 22.8 Å². The zero-order valence-corrected chi connectivity index (χ0v) is 28.1. The van der Waals surface area contributed by atoms with Crippen LogP contribution in [0.25, 0.3) is 5.65 Å². The summed E-state index contributed by atoms with van der Waals surface area (Å²) in [6.07, 6.45) is 2.30. The second-order valence-corrected chi connectivity index (χ2v) is 13.8. The van der Waals surface area contributed by atoms with Crippen molar-refractivity contribution in [3.63, 3.8) is 0 Å². The van der Waals surface area contributed by atoms with Crippen LogP contribution in [0.2, 0.25) is 0 Å². The van der Waals surface area contributed by atoms with Gasteiger partial charge in [-0.05, 0) is 78.0 Å². The normalized spacial score (nSPS) is 17.4. The minimum absolute atomic E-state index is 0.126. The number of nitrogens with zero attached hydrogens (tertiary/aromatic N) is 5. The number of benzene rings is 1. The Hall–Kier alpha value is -4.06. The Kier molecular flexibility index (Phi) is 10.2. The van der Waals surface area contributed by atoms with Gasteiger partial charge in [0.05, 0.1) is 24.9 Å². The zero-order valence-electron chi connectivity index (χ0n) is 28.1. The van der Waals surface area contributed by atoms with Crippen molar-refractivity contribution in [3.05, 3.63) is 47.7 Å². The van der Waals surface area contributed by atoms with Gasteiger partial charge in [-0.25, -0.2) is 14.6 Å². The van der Waals surface area contributed by atoms with Gasteiger partial charge in [-0.15, -0.1) is 0 Å². The Balaban J connectivity index is 1.76.